The Hall–Kier alpha value is -1.23. The second kappa shape index (κ2) is 6.26. The highest BCUT2D eigenvalue weighted by Gasteiger charge is 2.32. The van der Waals surface area contributed by atoms with Crippen LogP contribution in [0, 0.1) is 6.92 Å². The zero-order valence-corrected chi connectivity index (χ0v) is 12.8. The number of hydrogen-bond donors (Lipinski definition) is 1. The van der Waals surface area contributed by atoms with Gasteiger partial charge in [-0.1, -0.05) is 19.9 Å². The molecule has 1 N–H and O–H groups in total. The molecule has 1 unspecified atom stereocenters. The van der Waals surface area contributed by atoms with E-state index in [1.807, 2.05) is 6.92 Å². The van der Waals surface area contributed by atoms with Crippen molar-refractivity contribution in [2.24, 2.45) is 0 Å². The van der Waals surface area contributed by atoms with Gasteiger partial charge in [0, 0.05) is 30.9 Å². The van der Waals surface area contributed by atoms with E-state index in [-0.39, 0.29) is 0 Å². The standard InChI is InChI=1S/C16H23F3N2/c1-11(2)20-14-5-4-8-21(10-14)15-9-13(16(17,18)19)7-6-12(15)3/h6-7,9,11,14,20H,4-5,8,10H2,1-3H3. The lowest BCUT2D eigenvalue weighted by Gasteiger charge is -2.36. The first-order valence-corrected chi connectivity index (χ1v) is 7.46. The third kappa shape index (κ3) is 4.13. The van der Waals surface area contributed by atoms with Crippen molar-refractivity contribution in [3.63, 3.8) is 0 Å². The third-order valence-corrected chi connectivity index (χ3v) is 3.87. The number of nitrogens with zero attached hydrogens (tertiary/aromatic N) is 1. The molecule has 0 bridgehead atoms. The van der Waals surface area contributed by atoms with E-state index in [9.17, 15) is 13.2 Å². The fraction of sp³-hybridized carbons (Fsp3) is 0.625. The molecule has 5 heteroatoms. The van der Waals surface area contributed by atoms with E-state index in [1.54, 1.807) is 6.07 Å². The van der Waals surface area contributed by atoms with Crippen molar-refractivity contribution in [1.29, 1.82) is 0 Å². The number of aryl methyl sites for hydroxylation is 1. The molecule has 1 aromatic rings. The second-order valence-electron chi connectivity index (χ2n) is 6.11. The van der Waals surface area contributed by atoms with E-state index < -0.39 is 11.7 Å². The van der Waals surface area contributed by atoms with E-state index in [0.717, 1.165) is 37.6 Å². The van der Waals surface area contributed by atoms with Crippen molar-refractivity contribution in [3.8, 4) is 0 Å². The maximum atomic E-state index is 12.9. The Balaban J connectivity index is 2.20. The van der Waals surface area contributed by atoms with Crippen molar-refractivity contribution >= 4 is 5.69 Å². The molecule has 0 aromatic heterocycles. The third-order valence-electron chi connectivity index (χ3n) is 3.87. The topological polar surface area (TPSA) is 15.3 Å². The van der Waals surface area contributed by atoms with Crippen LogP contribution in [0.1, 0.15) is 37.8 Å². The molecule has 0 radical (unpaired) electrons. The zero-order chi connectivity index (χ0) is 15.6. The van der Waals surface area contributed by atoms with E-state index in [0.29, 0.717) is 17.8 Å². The normalized spacial score (nSPS) is 20.1. The maximum absolute atomic E-state index is 12.9. The Bertz CT molecular complexity index is 483. The number of rotatable bonds is 3. The number of hydrogen-bond acceptors (Lipinski definition) is 2. The summed E-state index contributed by atoms with van der Waals surface area (Å²) < 4.78 is 38.7. The minimum Gasteiger partial charge on any atom is -0.370 e. The van der Waals surface area contributed by atoms with Crippen LogP contribution in [0.25, 0.3) is 0 Å². The summed E-state index contributed by atoms with van der Waals surface area (Å²) in [5.41, 5.74) is 1.04. The average Bonchev–Trinajstić information content (AvgIpc) is 2.37. The van der Waals surface area contributed by atoms with Gasteiger partial charge in [0.25, 0.3) is 0 Å². The lowest BCUT2D eigenvalue weighted by Crippen LogP contribution is -2.48. The largest absolute Gasteiger partial charge is 0.416 e. The predicted molar refractivity (Wildman–Crippen MR) is 79.7 cm³/mol. The molecule has 1 aromatic carbocycles. The summed E-state index contributed by atoms with van der Waals surface area (Å²) in [5, 5.41) is 3.48. The number of benzene rings is 1. The molecule has 118 valence electrons. The van der Waals surface area contributed by atoms with Gasteiger partial charge in [0.15, 0.2) is 0 Å². The Morgan fingerprint density at radius 2 is 2.00 bits per heavy atom. The first kappa shape index (κ1) is 16.1. The van der Waals surface area contributed by atoms with Gasteiger partial charge in [-0.05, 0) is 37.5 Å². The number of halogens is 3. The van der Waals surface area contributed by atoms with E-state index in [4.69, 9.17) is 0 Å². The summed E-state index contributed by atoms with van der Waals surface area (Å²) in [5.74, 6) is 0. The summed E-state index contributed by atoms with van der Waals surface area (Å²) in [4.78, 5) is 2.08. The average molecular weight is 300 g/mol. The molecule has 2 nitrogen and oxygen atoms in total. The van der Waals surface area contributed by atoms with Gasteiger partial charge in [-0.15, -0.1) is 0 Å². The minimum atomic E-state index is -4.28. The van der Waals surface area contributed by atoms with Gasteiger partial charge >= 0.3 is 6.18 Å². The Kier molecular flexibility index (Phi) is 4.81. The maximum Gasteiger partial charge on any atom is 0.416 e. The molecule has 1 heterocycles. The molecule has 0 saturated carbocycles. The Labute approximate surface area is 124 Å². The molecular weight excluding hydrogens is 277 g/mol. The van der Waals surface area contributed by atoms with Gasteiger partial charge in [0.05, 0.1) is 5.56 Å². The smallest absolute Gasteiger partial charge is 0.370 e. The number of anilines is 1. The Morgan fingerprint density at radius 1 is 1.29 bits per heavy atom. The quantitative estimate of drug-likeness (QED) is 0.908. The first-order valence-electron chi connectivity index (χ1n) is 7.46. The molecule has 1 atom stereocenters. The van der Waals surface area contributed by atoms with E-state index >= 15 is 0 Å². The van der Waals surface area contributed by atoms with Crippen molar-refractivity contribution < 1.29 is 13.2 Å². The summed E-state index contributed by atoms with van der Waals surface area (Å²) >= 11 is 0. The highest BCUT2D eigenvalue weighted by molar-refractivity contribution is 5.56. The fourth-order valence-corrected chi connectivity index (χ4v) is 2.93. The molecule has 21 heavy (non-hydrogen) atoms. The highest BCUT2D eigenvalue weighted by Crippen LogP contribution is 2.34. The number of alkyl halides is 3. The van der Waals surface area contributed by atoms with Gasteiger partial charge in [0.1, 0.15) is 0 Å². The second-order valence-corrected chi connectivity index (χ2v) is 6.11. The molecule has 1 saturated heterocycles. The van der Waals surface area contributed by atoms with Crippen LogP contribution in [0.15, 0.2) is 18.2 Å². The molecule has 1 aliphatic heterocycles. The lowest BCUT2D eigenvalue weighted by molar-refractivity contribution is -0.137. The fourth-order valence-electron chi connectivity index (χ4n) is 2.93. The number of nitrogens with one attached hydrogen (secondary N) is 1. The molecule has 1 aliphatic rings. The summed E-state index contributed by atoms with van der Waals surface area (Å²) in [6, 6.07) is 4.74. The van der Waals surface area contributed by atoms with Crippen LogP contribution >= 0.6 is 0 Å². The highest BCUT2D eigenvalue weighted by atomic mass is 19.4. The molecule has 0 spiro atoms. The van der Waals surface area contributed by atoms with Crippen LogP contribution in [0.3, 0.4) is 0 Å². The monoisotopic (exact) mass is 300 g/mol. The van der Waals surface area contributed by atoms with Crippen LogP contribution in [-0.2, 0) is 6.18 Å². The van der Waals surface area contributed by atoms with Gasteiger partial charge in [-0.2, -0.15) is 13.2 Å². The lowest BCUT2D eigenvalue weighted by atomic mass is 10.0. The van der Waals surface area contributed by atoms with E-state index in [1.165, 1.54) is 6.07 Å². The summed E-state index contributed by atoms with van der Waals surface area (Å²) in [7, 11) is 0. The van der Waals surface area contributed by atoms with Gasteiger partial charge in [0.2, 0.25) is 0 Å². The minimum absolute atomic E-state index is 0.340. The van der Waals surface area contributed by atoms with Crippen LogP contribution in [0.4, 0.5) is 18.9 Å². The molecular formula is C16H23F3N2. The predicted octanol–water partition coefficient (Wildman–Crippen LogP) is 3.98. The molecule has 0 amide bonds. The SMILES string of the molecule is Cc1ccc(C(F)(F)F)cc1N1CCCC(NC(C)C)C1. The van der Waals surface area contributed by atoms with Crippen molar-refractivity contribution in [3.05, 3.63) is 29.3 Å². The van der Waals surface area contributed by atoms with Crippen LogP contribution < -0.4 is 10.2 Å². The van der Waals surface area contributed by atoms with Crippen molar-refractivity contribution in [1.82, 2.24) is 5.32 Å². The summed E-state index contributed by atoms with van der Waals surface area (Å²) in [6.45, 7) is 7.64. The van der Waals surface area contributed by atoms with Crippen LogP contribution in [-0.4, -0.2) is 25.2 Å². The molecule has 1 fully saturated rings. The van der Waals surface area contributed by atoms with Crippen LogP contribution in [0.2, 0.25) is 0 Å². The van der Waals surface area contributed by atoms with Gasteiger partial charge in [-0.3, -0.25) is 0 Å². The van der Waals surface area contributed by atoms with E-state index in [2.05, 4.69) is 24.1 Å². The summed E-state index contributed by atoms with van der Waals surface area (Å²) in [6.07, 6.45) is -2.21. The Morgan fingerprint density at radius 3 is 2.62 bits per heavy atom. The molecule has 2 rings (SSSR count). The first-order chi connectivity index (χ1) is 9.77. The zero-order valence-electron chi connectivity index (χ0n) is 12.8. The number of piperidine rings is 1. The van der Waals surface area contributed by atoms with Gasteiger partial charge in [-0.25, -0.2) is 0 Å². The van der Waals surface area contributed by atoms with Gasteiger partial charge < -0.3 is 10.2 Å². The van der Waals surface area contributed by atoms with Crippen molar-refractivity contribution in [2.75, 3.05) is 18.0 Å². The van der Waals surface area contributed by atoms with Crippen LogP contribution in [0.5, 0.6) is 0 Å². The van der Waals surface area contributed by atoms with Crippen molar-refractivity contribution in [2.45, 2.75) is 51.9 Å². The molecule has 0 aliphatic carbocycles.